The van der Waals surface area contributed by atoms with Crippen molar-refractivity contribution < 1.29 is 14.3 Å². The van der Waals surface area contributed by atoms with E-state index in [0.29, 0.717) is 34.1 Å². The number of carbonyl (C=O) groups excluding carboxylic acids is 2. The van der Waals surface area contributed by atoms with E-state index in [1.165, 1.54) is 0 Å². The van der Waals surface area contributed by atoms with Gasteiger partial charge < -0.3 is 15.4 Å². The molecule has 0 aliphatic rings. The van der Waals surface area contributed by atoms with Crippen molar-refractivity contribution >= 4 is 52.1 Å². The molecule has 0 aliphatic heterocycles. The normalized spacial score (nSPS) is 10.3. The molecule has 0 radical (unpaired) electrons. The molecule has 2 amide bonds. The lowest BCUT2D eigenvalue weighted by Crippen LogP contribution is -2.34. The summed E-state index contributed by atoms with van der Waals surface area (Å²) in [5.41, 5.74) is 2.05. The third-order valence-corrected chi connectivity index (χ3v) is 5.26. The summed E-state index contributed by atoms with van der Waals surface area (Å²) in [4.78, 5) is 25.1. The molecule has 3 aromatic rings. The van der Waals surface area contributed by atoms with Gasteiger partial charge in [-0.15, -0.1) is 0 Å². The highest BCUT2D eigenvalue weighted by Crippen LogP contribution is 2.17. The molecule has 8 heteroatoms. The van der Waals surface area contributed by atoms with Gasteiger partial charge in [-0.1, -0.05) is 43.5 Å². The van der Waals surface area contributed by atoms with E-state index in [9.17, 15) is 9.59 Å². The van der Waals surface area contributed by atoms with Crippen LogP contribution < -0.4 is 20.7 Å². The number of thiocarbonyl (C=S) groups is 1. The second-order valence-electron chi connectivity index (χ2n) is 7.53. The minimum absolute atomic E-state index is 0.122. The summed E-state index contributed by atoms with van der Waals surface area (Å²) in [6.07, 6.45) is 3.26. The van der Waals surface area contributed by atoms with Crippen molar-refractivity contribution in [1.82, 2.24) is 5.32 Å². The van der Waals surface area contributed by atoms with Crippen molar-refractivity contribution in [2.24, 2.45) is 0 Å². The Balaban J connectivity index is 1.53. The lowest BCUT2D eigenvalue weighted by Gasteiger charge is -2.12. The van der Waals surface area contributed by atoms with Crippen molar-refractivity contribution in [3.63, 3.8) is 0 Å². The topological polar surface area (TPSA) is 79.5 Å². The summed E-state index contributed by atoms with van der Waals surface area (Å²) in [6, 6.07) is 20.6. The molecule has 0 unspecified atom stereocenters. The number of benzene rings is 3. The van der Waals surface area contributed by atoms with Crippen LogP contribution in [0.4, 0.5) is 11.4 Å². The average Bonchev–Trinajstić information content (AvgIpc) is 2.82. The molecule has 0 saturated carbocycles. The van der Waals surface area contributed by atoms with Gasteiger partial charge in [-0.2, -0.15) is 0 Å². The van der Waals surface area contributed by atoms with Crippen LogP contribution >= 0.6 is 23.8 Å². The first kappa shape index (κ1) is 25.2. The van der Waals surface area contributed by atoms with E-state index >= 15 is 0 Å². The zero-order chi connectivity index (χ0) is 24.3. The Bertz CT molecular complexity index is 1150. The number of halogens is 1. The Morgan fingerprint density at radius 1 is 0.853 bits per heavy atom. The van der Waals surface area contributed by atoms with Gasteiger partial charge in [-0.25, -0.2) is 0 Å². The van der Waals surface area contributed by atoms with Gasteiger partial charge in [0.15, 0.2) is 5.11 Å². The molecular formula is C26H26ClN3O3S. The van der Waals surface area contributed by atoms with Crippen LogP contribution in [0.1, 0.15) is 46.9 Å². The number of ether oxygens (including phenoxy) is 1. The van der Waals surface area contributed by atoms with E-state index in [1.807, 2.05) is 0 Å². The minimum atomic E-state index is -0.343. The van der Waals surface area contributed by atoms with Crippen LogP contribution in [0.15, 0.2) is 72.8 Å². The van der Waals surface area contributed by atoms with Crippen molar-refractivity contribution in [2.45, 2.75) is 26.2 Å². The molecular weight excluding hydrogens is 470 g/mol. The molecule has 3 N–H and O–H groups in total. The van der Waals surface area contributed by atoms with Crippen LogP contribution in [0, 0.1) is 0 Å². The smallest absolute Gasteiger partial charge is 0.257 e. The third kappa shape index (κ3) is 7.86. The maximum Gasteiger partial charge on any atom is 0.257 e. The van der Waals surface area contributed by atoms with Crippen molar-refractivity contribution in [3.8, 4) is 5.75 Å². The van der Waals surface area contributed by atoms with Gasteiger partial charge in [0.25, 0.3) is 11.8 Å². The highest BCUT2D eigenvalue weighted by atomic mass is 35.5. The van der Waals surface area contributed by atoms with Crippen molar-refractivity contribution in [1.29, 1.82) is 0 Å². The molecule has 0 aliphatic carbocycles. The molecule has 0 fully saturated rings. The maximum absolute atomic E-state index is 12.6. The molecule has 0 bridgehead atoms. The van der Waals surface area contributed by atoms with Gasteiger partial charge in [-0.3, -0.25) is 14.9 Å². The van der Waals surface area contributed by atoms with E-state index in [2.05, 4.69) is 22.9 Å². The summed E-state index contributed by atoms with van der Waals surface area (Å²) in [5.74, 6) is 0.0870. The highest BCUT2D eigenvalue weighted by Gasteiger charge is 2.11. The average molecular weight is 496 g/mol. The fourth-order valence-corrected chi connectivity index (χ4v) is 3.49. The minimum Gasteiger partial charge on any atom is -0.494 e. The first-order chi connectivity index (χ1) is 16.4. The van der Waals surface area contributed by atoms with Crippen LogP contribution in [-0.2, 0) is 0 Å². The van der Waals surface area contributed by atoms with E-state index in [-0.39, 0.29) is 16.9 Å². The summed E-state index contributed by atoms with van der Waals surface area (Å²) in [7, 11) is 0. The summed E-state index contributed by atoms with van der Waals surface area (Å²) in [6.45, 7) is 2.80. The van der Waals surface area contributed by atoms with E-state index < -0.39 is 0 Å². The number of unbranched alkanes of at least 4 members (excludes halogenated alkanes) is 2. The van der Waals surface area contributed by atoms with Crippen molar-refractivity contribution in [2.75, 3.05) is 17.2 Å². The van der Waals surface area contributed by atoms with Crippen LogP contribution in [0.25, 0.3) is 0 Å². The zero-order valence-electron chi connectivity index (χ0n) is 18.8. The second-order valence-corrected chi connectivity index (χ2v) is 8.38. The quantitative estimate of drug-likeness (QED) is 0.240. The SMILES string of the molecule is CCCCCOc1ccc(C(=O)NC(=S)Nc2cccc(C(=O)Nc3cccc(Cl)c3)c2)cc1. The largest absolute Gasteiger partial charge is 0.494 e. The van der Waals surface area contributed by atoms with Crippen LogP contribution in [-0.4, -0.2) is 23.5 Å². The first-order valence-electron chi connectivity index (χ1n) is 11.0. The molecule has 3 aromatic carbocycles. The summed E-state index contributed by atoms with van der Waals surface area (Å²) < 4.78 is 5.67. The number of nitrogens with one attached hydrogen (secondary N) is 3. The van der Waals surface area contributed by atoms with Crippen LogP contribution in [0.5, 0.6) is 5.75 Å². The predicted molar refractivity (Wildman–Crippen MR) is 141 cm³/mol. The number of carbonyl (C=O) groups is 2. The van der Waals surface area contributed by atoms with Gasteiger partial charge >= 0.3 is 0 Å². The number of amides is 2. The summed E-state index contributed by atoms with van der Waals surface area (Å²) >= 11 is 11.2. The van der Waals surface area contributed by atoms with Crippen molar-refractivity contribution in [3.05, 3.63) is 88.9 Å². The maximum atomic E-state index is 12.6. The Hall–Kier alpha value is -3.42. The molecule has 0 aromatic heterocycles. The molecule has 0 spiro atoms. The highest BCUT2D eigenvalue weighted by molar-refractivity contribution is 7.80. The fraction of sp³-hybridized carbons (Fsp3) is 0.192. The molecule has 0 atom stereocenters. The summed E-state index contributed by atoms with van der Waals surface area (Å²) in [5, 5.41) is 9.03. The van der Waals surface area contributed by atoms with Crippen LogP contribution in [0.3, 0.4) is 0 Å². The fourth-order valence-electron chi connectivity index (χ4n) is 3.09. The first-order valence-corrected chi connectivity index (χ1v) is 11.8. The lowest BCUT2D eigenvalue weighted by atomic mass is 10.2. The van der Waals surface area contributed by atoms with E-state index in [1.54, 1.807) is 72.8 Å². The number of rotatable bonds is 9. The van der Waals surface area contributed by atoms with E-state index in [0.717, 1.165) is 25.0 Å². The number of anilines is 2. The second kappa shape index (κ2) is 12.7. The van der Waals surface area contributed by atoms with E-state index in [4.69, 9.17) is 28.6 Å². The number of hydrogen-bond donors (Lipinski definition) is 3. The monoisotopic (exact) mass is 495 g/mol. The third-order valence-electron chi connectivity index (χ3n) is 4.83. The Morgan fingerprint density at radius 2 is 1.56 bits per heavy atom. The van der Waals surface area contributed by atoms with Gasteiger partial charge in [0.05, 0.1) is 6.61 Å². The Morgan fingerprint density at radius 3 is 2.26 bits per heavy atom. The van der Waals surface area contributed by atoms with Gasteiger partial charge in [0.1, 0.15) is 5.75 Å². The standard InChI is InChI=1S/C26H26ClN3O3S/c1-2-3-4-15-33-23-13-11-18(12-14-23)24(31)30-26(34)29-21-9-5-7-19(16-21)25(32)28-22-10-6-8-20(27)17-22/h5-14,16-17H,2-4,15H2,1H3,(H,28,32)(H2,29,30,31,34). The van der Waals surface area contributed by atoms with Crippen LogP contribution in [0.2, 0.25) is 5.02 Å². The Labute approximate surface area is 209 Å². The van der Waals surface area contributed by atoms with Gasteiger partial charge in [-0.05, 0) is 79.3 Å². The molecule has 176 valence electrons. The van der Waals surface area contributed by atoms with Gasteiger partial charge in [0.2, 0.25) is 0 Å². The molecule has 0 saturated heterocycles. The lowest BCUT2D eigenvalue weighted by molar-refractivity contribution is 0.0976. The van der Waals surface area contributed by atoms with Gasteiger partial charge in [0, 0.05) is 27.5 Å². The number of hydrogen-bond acceptors (Lipinski definition) is 4. The zero-order valence-corrected chi connectivity index (χ0v) is 20.3. The molecule has 34 heavy (non-hydrogen) atoms. The molecule has 6 nitrogen and oxygen atoms in total. The predicted octanol–water partition coefficient (Wildman–Crippen LogP) is 6.29. The molecule has 3 rings (SSSR count). The molecule has 0 heterocycles. The Kier molecular flexibility index (Phi) is 9.43.